The minimum absolute atomic E-state index is 0.0407. The van der Waals surface area contributed by atoms with E-state index in [0.717, 1.165) is 11.3 Å². The zero-order chi connectivity index (χ0) is 24.9. The Morgan fingerprint density at radius 1 is 1.09 bits per heavy atom. The maximum atomic E-state index is 11.8. The van der Waals surface area contributed by atoms with Crippen LogP contribution in [0.15, 0.2) is 34.9 Å². The molecule has 1 atom stereocenters. The van der Waals surface area contributed by atoms with Gasteiger partial charge in [0, 0.05) is 11.8 Å². The molecule has 0 saturated heterocycles. The first-order chi connectivity index (χ1) is 15.3. The van der Waals surface area contributed by atoms with Gasteiger partial charge in [-0.15, -0.1) is 0 Å². The molecule has 0 aliphatic rings. The van der Waals surface area contributed by atoms with Gasteiger partial charge in [0.15, 0.2) is 19.9 Å². The van der Waals surface area contributed by atoms with Crippen LogP contribution < -0.4 is 4.74 Å². The average molecular weight is 478 g/mol. The second kappa shape index (κ2) is 10.8. The number of hydrogen-bond donors (Lipinski definition) is 0. The van der Waals surface area contributed by atoms with Crippen molar-refractivity contribution in [3.8, 4) is 5.75 Å². The number of benzene rings is 1. The van der Waals surface area contributed by atoms with Crippen LogP contribution in [-0.4, -0.2) is 46.2 Å². The molecule has 7 nitrogen and oxygen atoms in total. The van der Waals surface area contributed by atoms with E-state index in [1.165, 1.54) is 13.4 Å². The highest BCUT2D eigenvalue weighted by Crippen LogP contribution is 2.40. The molecular formula is C25H39NO6Si. The van der Waals surface area contributed by atoms with E-state index < -0.39 is 14.3 Å². The molecule has 8 heteroatoms. The van der Waals surface area contributed by atoms with E-state index in [4.69, 9.17) is 23.1 Å². The number of esters is 1. The van der Waals surface area contributed by atoms with E-state index in [0.29, 0.717) is 25.5 Å². The number of nitrogens with zero attached hydrogens (tertiary/aromatic N) is 1. The maximum Gasteiger partial charge on any atom is 0.360 e. The van der Waals surface area contributed by atoms with Crippen LogP contribution in [0.25, 0.3) is 0 Å². The quantitative estimate of drug-likeness (QED) is 0.306. The minimum atomic E-state index is -2.10. The van der Waals surface area contributed by atoms with Crippen LogP contribution in [0.1, 0.15) is 56.6 Å². The summed E-state index contributed by atoms with van der Waals surface area (Å²) >= 11 is 0. The third-order valence-corrected chi connectivity index (χ3v) is 10.8. The Kier molecular flexibility index (Phi) is 8.90. The van der Waals surface area contributed by atoms with Crippen molar-refractivity contribution in [1.82, 2.24) is 4.98 Å². The Balaban J connectivity index is 2.16. The summed E-state index contributed by atoms with van der Waals surface area (Å²) in [5, 5.41) is 0.0407. The summed E-state index contributed by atoms with van der Waals surface area (Å²) in [5.74, 6) is 0.746. The molecular weight excluding hydrogens is 438 g/mol. The number of oxazole rings is 1. The molecule has 0 radical (unpaired) electrons. The lowest BCUT2D eigenvalue weighted by atomic mass is 9.85. The lowest BCUT2D eigenvalue weighted by Gasteiger charge is -2.44. The SMILES string of the molecule is COC(=O)c1coc(C[C@H](O[Si](C)(C)C(C)(C)C)C(C)(C)COCc2ccc(OC)cc2)n1. The van der Waals surface area contributed by atoms with E-state index in [1.807, 2.05) is 24.3 Å². The number of carbonyl (C=O) groups excluding carboxylic acids is 1. The molecule has 0 aliphatic carbocycles. The highest BCUT2D eigenvalue weighted by Gasteiger charge is 2.43. The monoisotopic (exact) mass is 477 g/mol. The molecule has 0 fully saturated rings. The van der Waals surface area contributed by atoms with Crippen molar-refractivity contribution in [2.75, 3.05) is 20.8 Å². The predicted octanol–water partition coefficient (Wildman–Crippen LogP) is 5.65. The fourth-order valence-corrected chi connectivity index (χ4v) is 4.49. The minimum Gasteiger partial charge on any atom is -0.497 e. The Bertz CT molecular complexity index is 898. The van der Waals surface area contributed by atoms with Gasteiger partial charge in [-0.25, -0.2) is 9.78 Å². The number of rotatable bonds is 11. The Morgan fingerprint density at radius 2 is 1.73 bits per heavy atom. The fraction of sp³-hybridized carbons (Fsp3) is 0.600. The Hall–Kier alpha value is -2.16. The number of hydrogen-bond acceptors (Lipinski definition) is 7. The summed E-state index contributed by atoms with van der Waals surface area (Å²) < 4.78 is 28.5. The summed E-state index contributed by atoms with van der Waals surface area (Å²) in [6.07, 6.45) is 1.55. The summed E-state index contributed by atoms with van der Waals surface area (Å²) in [6.45, 7) is 16.3. The van der Waals surface area contributed by atoms with Crippen LogP contribution in [-0.2, 0) is 26.9 Å². The highest BCUT2D eigenvalue weighted by molar-refractivity contribution is 6.74. The van der Waals surface area contributed by atoms with Crippen LogP contribution in [0, 0.1) is 5.41 Å². The number of carbonyl (C=O) groups is 1. The molecule has 1 aromatic heterocycles. The zero-order valence-electron chi connectivity index (χ0n) is 21.5. The molecule has 1 aromatic carbocycles. The molecule has 0 spiro atoms. The van der Waals surface area contributed by atoms with E-state index in [-0.39, 0.29) is 22.3 Å². The number of methoxy groups -OCH3 is 2. The van der Waals surface area contributed by atoms with Crippen molar-refractivity contribution >= 4 is 14.3 Å². The molecule has 33 heavy (non-hydrogen) atoms. The first-order valence-corrected chi connectivity index (χ1v) is 14.1. The normalized spacial score (nSPS) is 13.6. The average Bonchev–Trinajstić information content (AvgIpc) is 3.21. The largest absolute Gasteiger partial charge is 0.497 e. The van der Waals surface area contributed by atoms with Crippen LogP contribution in [0.3, 0.4) is 0 Å². The second-order valence-electron chi connectivity index (χ2n) is 10.5. The van der Waals surface area contributed by atoms with E-state index in [1.54, 1.807) is 7.11 Å². The smallest absolute Gasteiger partial charge is 0.360 e. The van der Waals surface area contributed by atoms with Gasteiger partial charge < -0.3 is 23.1 Å². The lowest BCUT2D eigenvalue weighted by Crippen LogP contribution is -2.49. The molecule has 0 unspecified atom stereocenters. The molecule has 1 heterocycles. The van der Waals surface area contributed by atoms with Gasteiger partial charge in [0.1, 0.15) is 12.0 Å². The van der Waals surface area contributed by atoms with Gasteiger partial charge in [-0.1, -0.05) is 46.8 Å². The van der Waals surface area contributed by atoms with Crippen LogP contribution >= 0.6 is 0 Å². The van der Waals surface area contributed by atoms with E-state index >= 15 is 0 Å². The second-order valence-corrected chi connectivity index (χ2v) is 15.3. The van der Waals surface area contributed by atoms with Crippen molar-refractivity contribution in [2.24, 2.45) is 5.41 Å². The molecule has 0 bridgehead atoms. The summed E-state index contributed by atoms with van der Waals surface area (Å²) in [4.78, 5) is 16.1. The van der Waals surface area contributed by atoms with Gasteiger partial charge in [-0.2, -0.15) is 0 Å². The van der Waals surface area contributed by atoms with E-state index in [9.17, 15) is 4.79 Å². The first kappa shape index (κ1) is 27.1. The number of aromatic nitrogens is 1. The van der Waals surface area contributed by atoms with Gasteiger partial charge in [0.2, 0.25) is 0 Å². The molecule has 0 aliphatic heterocycles. The molecule has 2 aromatic rings. The van der Waals surface area contributed by atoms with Crippen LogP contribution in [0.4, 0.5) is 0 Å². The van der Waals surface area contributed by atoms with Gasteiger partial charge in [-0.3, -0.25) is 0 Å². The summed E-state index contributed by atoms with van der Waals surface area (Å²) in [5.41, 5.74) is 0.901. The zero-order valence-corrected chi connectivity index (χ0v) is 22.5. The van der Waals surface area contributed by atoms with Gasteiger partial charge in [0.05, 0.1) is 33.5 Å². The van der Waals surface area contributed by atoms with Crippen molar-refractivity contribution in [1.29, 1.82) is 0 Å². The maximum absolute atomic E-state index is 11.8. The van der Waals surface area contributed by atoms with Gasteiger partial charge in [0.25, 0.3) is 0 Å². The first-order valence-electron chi connectivity index (χ1n) is 11.2. The summed E-state index contributed by atoms with van der Waals surface area (Å²) in [6, 6.07) is 7.84. The number of ether oxygens (including phenoxy) is 3. The molecule has 0 amide bonds. The van der Waals surface area contributed by atoms with E-state index in [2.05, 4.69) is 52.7 Å². The van der Waals surface area contributed by atoms with Crippen molar-refractivity contribution in [3.63, 3.8) is 0 Å². The lowest BCUT2D eigenvalue weighted by molar-refractivity contribution is -0.0247. The topological polar surface area (TPSA) is 80.0 Å². The van der Waals surface area contributed by atoms with Crippen molar-refractivity contribution < 1.29 is 27.8 Å². The third kappa shape index (κ3) is 7.42. The van der Waals surface area contributed by atoms with Gasteiger partial charge in [-0.05, 0) is 35.8 Å². The molecule has 0 saturated carbocycles. The fourth-order valence-electron chi connectivity index (χ4n) is 3.02. The molecule has 0 N–H and O–H groups in total. The molecule has 184 valence electrons. The van der Waals surface area contributed by atoms with Crippen LogP contribution in [0.5, 0.6) is 5.75 Å². The predicted molar refractivity (Wildman–Crippen MR) is 130 cm³/mol. The highest BCUT2D eigenvalue weighted by atomic mass is 28.4. The standard InChI is InChI=1S/C25H39NO6Si/c1-24(2,3)33(8,9)32-21(14-22-26-20(16-31-22)23(27)29-7)25(4,5)17-30-15-18-10-12-19(28-6)13-11-18/h10-13,16,21H,14-15,17H2,1-9H3/t21-/m0/s1. The Morgan fingerprint density at radius 3 is 2.27 bits per heavy atom. The summed E-state index contributed by atoms with van der Waals surface area (Å²) in [7, 11) is 0.876. The molecule has 2 rings (SSSR count). The third-order valence-electron chi connectivity index (χ3n) is 6.32. The van der Waals surface area contributed by atoms with Crippen molar-refractivity contribution in [2.45, 2.75) is 71.9 Å². The van der Waals surface area contributed by atoms with Crippen LogP contribution in [0.2, 0.25) is 18.1 Å². The van der Waals surface area contributed by atoms with Gasteiger partial charge >= 0.3 is 5.97 Å². The van der Waals surface area contributed by atoms with Crippen molar-refractivity contribution in [3.05, 3.63) is 47.7 Å². The Labute approximate surface area is 198 Å².